The number of furan rings is 1. The summed E-state index contributed by atoms with van der Waals surface area (Å²) in [6.07, 6.45) is 4.44. The van der Waals surface area contributed by atoms with Crippen molar-refractivity contribution in [2.45, 2.75) is 38.9 Å². The van der Waals surface area contributed by atoms with E-state index in [-0.39, 0.29) is 0 Å². The van der Waals surface area contributed by atoms with E-state index in [9.17, 15) is 0 Å². The molecule has 102 valence electrons. The van der Waals surface area contributed by atoms with E-state index in [1.807, 2.05) is 0 Å². The molecule has 1 N–H and O–H groups in total. The number of hydrogen-bond acceptors (Lipinski definition) is 4. The molecule has 0 spiro atoms. The molecule has 0 aromatic carbocycles. The molecule has 1 fully saturated rings. The molecule has 4 heteroatoms. The minimum absolute atomic E-state index is 0.752. The van der Waals surface area contributed by atoms with Crippen LogP contribution in [-0.2, 0) is 17.8 Å². The molecule has 0 amide bonds. The van der Waals surface area contributed by atoms with Crippen molar-refractivity contribution in [1.82, 2.24) is 10.2 Å². The average Bonchev–Trinajstić information content (AvgIpc) is 3.13. The van der Waals surface area contributed by atoms with Gasteiger partial charge in [-0.25, -0.2) is 0 Å². The Balaban J connectivity index is 1.91. The Bertz CT molecular complexity index is 347. The fraction of sp³-hybridized carbons (Fsp3) is 0.714. The first-order valence-electron chi connectivity index (χ1n) is 6.84. The van der Waals surface area contributed by atoms with E-state index in [0.717, 1.165) is 44.6 Å². The van der Waals surface area contributed by atoms with Crippen molar-refractivity contribution in [3.8, 4) is 0 Å². The van der Waals surface area contributed by atoms with Crippen LogP contribution in [0.2, 0.25) is 0 Å². The molecule has 0 aliphatic heterocycles. The summed E-state index contributed by atoms with van der Waals surface area (Å²) in [7, 11) is 1.76. The Morgan fingerprint density at radius 2 is 2.33 bits per heavy atom. The second-order valence-corrected chi connectivity index (χ2v) is 4.84. The molecule has 2 rings (SSSR count). The first-order chi connectivity index (χ1) is 8.85. The zero-order valence-corrected chi connectivity index (χ0v) is 11.4. The van der Waals surface area contributed by atoms with Crippen molar-refractivity contribution >= 4 is 0 Å². The quantitative estimate of drug-likeness (QED) is 0.729. The third kappa shape index (κ3) is 3.83. The number of rotatable bonds is 9. The highest BCUT2D eigenvalue weighted by molar-refractivity contribution is 5.17. The van der Waals surface area contributed by atoms with Crippen molar-refractivity contribution in [1.29, 1.82) is 0 Å². The average molecular weight is 252 g/mol. The van der Waals surface area contributed by atoms with E-state index in [4.69, 9.17) is 9.15 Å². The van der Waals surface area contributed by atoms with Crippen LogP contribution < -0.4 is 5.32 Å². The highest BCUT2D eigenvalue weighted by atomic mass is 16.5. The van der Waals surface area contributed by atoms with Crippen molar-refractivity contribution in [2.24, 2.45) is 0 Å². The van der Waals surface area contributed by atoms with Gasteiger partial charge in [-0.3, -0.25) is 4.90 Å². The smallest absolute Gasteiger partial charge is 0.122 e. The van der Waals surface area contributed by atoms with Gasteiger partial charge in [-0.05, 0) is 25.5 Å². The third-order valence-corrected chi connectivity index (χ3v) is 3.39. The molecule has 1 aromatic heterocycles. The highest BCUT2D eigenvalue weighted by Crippen LogP contribution is 2.28. The summed E-state index contributed by atoms with van der Waals surface area (Å²) in [5, 5.41) is 3.32. The molecule has 1 aliphatic carbocycles. The van der Waals surface area contributed by atoms with Gasteiger partial charge in [-0.1, -0.05) is 6.92 Å². The molecular formula is C14H24N2O2. The summed E-state index contributed by atoms with van der Waals surface area (Å²) in [6, 6.07) is 2.84. The van der Waals surface area contributed by atoms with Crippen LogP contribution in [0.4, 0.5) is 0 Å². The van der Waals surface area contributed by atoms with Gasteiger partial charge < -0.3 is 14.5 Å². The molecule has 0 atom stereocenters. The molecule has 0 radical (unpaired) electrons. The predicted molar refractivity (Wildman–Crippen MR) is 71.4 cm³/mol. The summed E-state index contributed by atoms with van der Waals surface area (Å²) < 4.78 is 10.7. The standard InChI is InChI=1S/C14H24N2O2/c1-3-15-10-14-12(6-8-18-14)11-16(7-9-17-2)13-4-5-13/h6,8,13,15H,3-5,7,9-11H2,1-2H3. The molecule has 0 bridgehead atoms. The molecule has 1 saturated carbocycles. The lowest BCUT2D eigenvalue weighted by Gasteiger charge is -2.21. The summed E-state index contributed by atoms with van der Waals surface area (Å²) >= 11 is 0. The molecule has 1 aliphatic rings. The van der Waals surface area contributed by atoms with Crippen LogP contribution >= 0.6 is 0 Å². The number of nitrogens with zero attached hydrogens (tertiary/aromatic N) is 1. The zero-order chi connectivity index (χ0) is 12.8. The minimum atomic E-state index is 0.752. The van der Waals surface area contributed by atoms with Crippen LogP contribution in [0.5, 0.6) is 0 Å². The van der Waals surface area contributed by atoms with Crippen LogP contribution in [0, 0.1) is 0 Å². The van der Waals surface area contributed by atoms with E-state index >= 15 is 0 Å². The monoisotopic (exact) mass is 252 g/mol. The molecular weight excluding hydrogens is 228 g/mol. The van der Waals surface area contributed by atoms with E-state index in [2.05, 4.69) is 23.2 Å². The van der Waals surface area contributed by atoms with Gasteiger partial charge in [-0.2, -0.15) is 0 Å². The van der Waals surface area contributed by atoms with Gasteiger partial charge in [0, 0.05) is 31.8 Å². The fourth-order valence-corrected chi connectivity index (χ4v) is 2.16. The summed E-state index contributed by atoms with van der Waals surface area (Å²) in [6.45, 7) is 6.69. The second kappa shape index (κ2) is 6.92. The molecule has 4 nitrogen and oxygen atoms in total. The topological polar surface area (TPSA) is 37.6 Å². The summed E-state index contributed by atoms with van der Waals surface area (Å²) in [4.78, 5) is 2.50. The summed E-state index contributed by atoms with van der Waals surface area (Å²) in [5.74, 6) is 1.07. The Morgan fingerprint density at radius 1 is 1.50 bits per heavy atom. The largest absolute Gasteiger partial charge is 0.468 e. The van der Waals surface area contributed by atoms with Crippen LogP contribution in [-0.4, -0.2) is 37.7 Å². The van der Waals surface area contributed by atoms with Gasteiger partial charge in [0.05, 0.1) is 19.4 Å². The minimum Gasteiger partial charge on any atom is -0.468 e. The maximum absolute atomic E-state index is 5.55. The van der Waals surface area contributed by atoms with Crippen LogP contribution in [0.25, 0.3) is 0 Å². The van der Waals surface area contributed by atoms with Gasteiger partial charge in [-0.15, -0.1) is 0 Å². The molecule has 0 unspecified atom stereocenters. The molecule has 18 heavy (non-hydrogen) atoms. The molecule has 1 heterocycles. The maximum atomic E-state index is 5.55. The molecule has 1 aromatic rings. The van der Waals surface area contributed by atoms with E-state index in [1.165, 1.54) is 18.4 Å². The number of methoxy groups -OCH3 is 1. The lowest BCUT2D eigenvalue weighted by atomic mass is 10.2. The Hall–Kier alpha value is -0.840. The van der Waals surface area contributed by atoms with Crippen molar-refractivity contribution < 1.29 is 9.15 Å². The third-order valence-electron chi connectivity index (χ3n) is 3.39. The SMILES string of the molecule is CCNCc1occc1CN(CCOC)C1CC1. The zero-order valence-electron chi connectivity index (χ0n) is 11.4. The highest BCUT2D eigenvalue weighted by Gasteiger charge is 2.29. The van der Waals surface area contributed by atoms with Crippen molar-refractivity contribution in [3.63, 3.8) is 0 Å². The van der Waals surface area contributed by atoms with E-state index < -0.39 is 0 Å². The first-order valence-corrected chi connectivity index (χ1v) is 6.84. The normalized spacial score (nSPS) is 15.5. The Labute approximate surface area is 109 Å². The van der Waals surface area contributed by atoms with E-state index in [1.54, 1.807) is 13.4 Å². The van der Waals surface area contributed by atoms with Gasteiger partial charge >= 0.3 is 0 Å². The first kappa shape index (κ1) is 13.6. The van der Waals surface area contributed by atoms with Crippen LogP contribution in [0.3, 0.4) is 0 Å². The van der Waals surface area contributed by atoms with Gasteiger partial charge in [0.25, 0.3) is 0 Å². The lowest BCUT2D eigenvalue weighted by Crippen LogP contribution is -2.29. The van der Waals surface area contributed by atoms with Crippen LogP contribution in [0.15, 0.2) is 16.7 Å². The van der Waals surface area contributed by atoms with Crippen molar-refractivity contribution in [3.05, 3.63) is 23.7 Å². The van der Waals surface area contributed by atoms with Crippen molar-refractivity contribution in [2.75, 3.05) is 26.8 Å². The summed E-state index contributed by atoms with van der Waals surface area (Å²) in [5.41, 5.74) is 1.30. The lowest BCUT2D eigenvalue weighted by molar-refractivity contribution is 0.139. The van der Waals surface area contributed by atoms with Gasteiger partial charge in [0.1, 0.15) is 5.76 Å². The fourth-order valence-electron chi connectivity index (χ4n) is 2.16. The second-order valence-electron chi connectivity index (χ2n) is 4.84. The van der Waals surface area contributed by atoms with Gasteiger partial charge in [0.2, 0.25) is 0 Å². The maximum Gasteiger partial charge on any atom is 0.122 e. The number of hydrogen-bond donors (Lipinski definition) is 1. The van der Waals surface area contributed by atoms with E-state index in [0.29, 0.717) is 0 Å². The number of ether oxygens (including phenoxy) is 1. The van der Waals surface area contributed by atoms with Crippen LogP contribution in [0.1, 0.15) is 31.1 Å². The molecule has 0 saturated heterocycles. The Morgan fingerprint density at radius 3 is 3.00 bits per heavy atom. The number of nitrogens with one attached hydrogen (secondary N) is 1. The van der Waals surface area contributed by atoms with Gasteiger partial charge in [0.15, 0.2) is 0 Å². The predicted octanol–water partition coefficient (Wildman–Crippen LogP) is 2.00. The Kier molecular flexibility index (Phi) is 5.23.